The molecule has 0 saturated carbocycles. The second-order valence-corrected chi connectivity index (χ2v) is 3.55. The molecule has 0 aliphatic carbocycles. The Kier molecular flexibility index (Phi) is 2.79. The van der Waals surface area contributed by atoms with Crippen molar-refractivity contribution in [1.82, 2.24) is 0 Å². The Balaban J connectivity index is 2.63. The molecule has 2 N–H and O–H groups in total. The molecule has 0 bridgehead atoms. The molecule has 0 aliphatic rings. The number of fused-ring (bicyclic) bond motifs is 1. The highest BCUT2D eigenvalue weighted by Gasteiger charge is 2.03. The van der Waals surface area contributed by atoms with Crippen LogP contribution in [-0.2, 0) is 6.42 Å². The second kappa shape index (κ2) is 4.24. The van der Waals surface area contributed by atoms with Crippen molar-refractivity contribution in [3.8, 4) is 0 Å². The van der Waals surface area contributed by atoms with Gasteiger partial charge in [-0.25, -0.2) is 0 Å². The highest BCUT2D eigenvalue weighted by molar-refractivity contribution is 5.90. The zero-order chi connectivity index (χ0) is 10.7. The van der Waals surface area contributed by atoms with Gasteiger partial charge in [0, 0.05) is 5.56 Å². The van der Waals surface area contributed by atoms with E-state index in [1.54, 1.807) is 0 Å². The highest BCUT2D eigenvalue weighted by Crippen LogP contribution is 2.19. The van der Waals surface area contributed by atoms with Gasteiger partial charge < -0.3 is 5.73 Å². The van der Waals surface area contributed by atoms with Gasteiger partial charge in [-0.15, -0.1) is 0 Å². The molecule has 2 aromatic rings. The Morgan fingerprint density at radius 2 is 1.80 bits per heavy atom. The predicted octanol–water partition coefficient (Wildman–Crippen LogP) is 2.15. The summed E-state index contributed by atoms with van der Waals surface area (Å²) in [5.41, 5.74) is 7.30. The molecule has 2 aromatic carbocycles. The lowest BCUT2D eigenvalue weighted by atomic mass is 10.00. The van der Waals surface area contributed by atoms with Crippen LogP contribution in [0.2, 0.25) is 0 Å². The van der Waals surface area contributed by atoms with Gasteiger partial charge in [-0.2, -0.15) is 0 Å². The molecule has 0 spiro atoms. The van der Waals surface area contributed by atoms with Crippen molar-refractivity contribution in [2.75, 3.05) is 6.54 Å². The van der Waals surface area contributed by atoms with Crippen molar-refractivity contribution in [2.45, 2.75) is 6.42 Å². The fourth-order valence-electron chi connectivity index (χ4n) is 1.79. The predicted molar refractivity (Wildman–Crippen MR) is 62.1 cm³/mol. The topological polar surface area (TPSA) is 43.1 Å². The minimum Gasteiger partial charge on any atom is -0.330 e. The first-order chi connectivity index (χ1) is 7.35. The third-order valence-electron chi connectivity index (χ3n) is 2.55. The Morgan fingerprint density at radius 1 is 1.13 bits per heavy atom. The lowest BCUT2D eigenvalue weighted by Crippen LogP contribution is -2.05. The molecule has 0 unspecified atom stereocenters. The van der Waals surface area contributed by atoms with Crippen molar-refractivity contribution in [1.29, 1.82) is 0 Å². The third kappa shape index (κ3) is 1.90. The summed E-state index contributed by atoms with van der Waals surface area (Å²) in [6.07, 6.45) is 1.65. The van der Waals surface area contributed by atoms with Crippen LogP contribution in [0.1, 0.15) is 15.9 Å². The van der Waals surface area contributed by atoms with Crippen molar-refractivity contribution < 1.29 is 4.79 Å². The average Bonchev–Trinajstić information content (AvgIpc) is 2.28. The zero-order valence-electron chi connectivity index (χ0n) is 8.44. The van der Waals surface area contributed by atoms with Crippen molar-refractivity contribution in [3.05, 3.63) is 47.5 Å². The van der Waals surface area contributed by atoms with Gasteiger partial charge in [0.1, 0.15) is 6.29 Å². The molecule has 0 atom stereocenters. The number of benzene rings is 2. The van der Waals surface area contributed by atoms with E-state index in [2.05, 4.69) is 0 Å². The van der Waals surface area contributed by atoms with Crippen molar-refractivity contribution in [2.24, 2.45) is 5.73 Å². The van der Waals surface area contributed by atoms with Gasteiger partial charge in [0.05, 0.1) is 0 Å². The van der Waals surface area contributed by atoms with Crippen molar-refractivity contribution in [3.63, 3.8) is 0 Å². The van der Waals surface area contributed by atoms with E-state index < -0.39 is 0 Å². The molecule has 2 heteroatoms. The third-order valence-corrected chi connectivity index (χ3v) is 2.55. The molecule has 0 heterocycles. The van der Waals surface area contributed by atoms with Crippen LogP contribution in [0.5, 0.6) is 0 Å². The van der Waals surface area contributed by atoms with E-state index in [0.717, 1.165) is 34.6 Å². The second-order valence-electron chi connectivity index (χ2n) is 3.55. The number of carbonyl (C=O) groups excluding carboxylic acids is 1. The molecule has 76 valence electrons. The average molecular weight is 199 g/mol. The first kappa shape index (κ1) is 9.87. The maximum atomic E-state index is 10.9. The summed E-state index contributed by atoms with van der Waals surface area (Å²) in [7, 11) is 0. The SMILES string of the molecule is NCCc1cc2ccccc2cc1C=O. The minimum atomic E-state index is 0.569. The lowest BCUT2D eigenvalue weighted by molar-refractivity contribution is 0.112. The fourth-order valence-corrected chi connectivity index (χ4v) is 1.79. The van der Waals surface area contributed by atoms with Crippen molar-refractivity contribution >= 4 is 17.1 Å². The normalized spacial score (nSPS) is 10.5. The summed E-state index contributed by atoms with van der Waals surface area (Å²) in [5, 5.41) is 2.26. The highest BCUT2D eigenvalue weighted by atomic mass is 16.1. The minimum absolute atomic E-state index is 0.569. The van der Waals surface area contributed by atoms with E-state index in [-0.39, 0.29) is 0 Å². The van der Waals surface area contributed by atoms with Gasteiger partial charge in [0.15, 0.2) is 0 Å². The molecule has 0 amide bonds. The zero-order valence-corrected chi connectivity index (χ0v) is 8.44. The Hall–Kier alpha value is -1.67. The molecule has 0 radical (unpaired) electrons. The van der Waals surface area contributed by atoms with Gasteiger partial charge >= 0.3 is 0 Å². The van der Waals surface area contributed by atoms with E-state index in [0.29, 0.717) is 6.54 Å². The van der Waals surface area contributed by atoms with E-state index in [1.807, 2.05) is 36.4 Å². The fraction of sp³-hybridized carbons (Fsp3) is 0.154. The summed E-state index contributed by atoms with van der Waals surface area (Å²) in [4.78, 5) is 10.9. The van der Waals surface area contributed by atoms with Crippen LogP contribution in [0.25, 0.3) is 10.8 Å². The summed E-state index contributed by atoms with van der Waals surface area (Å²) < 4.78 is 0. The van der Waals surface area contributed by atoms with Crippen LogP contribution in [0.15, 0.2) is 36.4 Å². The molecule has 15 heavy (non-hydrogen) atoms. The molecule has 2 nitrogen and oxygen atoms in total. The number of carbonyl (C=O) groups is 1. The van der Waals surface area contributed by atoms with Gasteiger partial charge in [0.25, 0.3) is 0 Å². The molecular weight excluding hydrogens is 186 g/mol. The number of rotatable bonds is 3. The Morgan fingerprint density at radius 3 is 2.40 bits per heavy atom. The monoisotopic (exact) mass is 199 g/mol. The van der Waals surface area contributed by atoms with Crippen LogP contribution in [0, 0.1) is 0 Å². The first-order valence-electron chi connectivity index (χ1n) is 5.02. The van der Waals surface area contributed by atoms with Gasteiger partial charge in [-0.05, 0) is 35.4 Å². The van der Waals surface area contributed by atoms with E-state index >= 15 is 0 Å². The number of aldehydes is 1. The quantitative estimate of drug-likeness (QED) is 0.770. The largest absolute Gasteiger partial charge is 0.330 e. The van der Waals surface area contributed by atoms with Gasteiger partial charge in [-0.1, -0.05) is 30.3 Å². The van der Waals surface area contributed by atoms with Crippen LogP contribution in [-0.4, -0.2) is 12.8 Å². The van der Waals surface area contributed by atoms with E-state index in [1.165, 1.54) is 0 Å². The molecular formula is C13H13NO. The summed E-state index contributed by atoms with van der Waals surface area (Å²) in [6.45, 7) is 0.569. The maximum absolute atomic E-state index is 10.9. The molecule has 0 saturated heterocycles. The first-order valence-corrected chi connectivity index (χ1v) is 5.02. The molecule has 0 fully saturated rings. The number of hydrogen-bond donors (Lipinski definition) is 1. The van der Waals surface area contributed by atoms with E-state index in [9.17, 15) is 4.79 Å². The van der Waals surface area contributed by atoms with Gasteiger partial charge in [-0.3, -0.25) is 4.79 Å². The molecule has 0 aliphatic heterocycles. The molecule has 0 aromatic heterocycles. The summed E-state index contributed by atoms with van der Waals surface area (Å²) in [6, 6.07) is 12.0. The number of nitrogens with two attached hydrogens (primary N) is 1. The Labute approximate surface area is 88.7 Å². The van der Waals surface area contributed by atoms with Crippen LogP contribution >= 0.6 is 0 Å². The standard InChI is InChI=1S/C13H13NO/c14-6-5-12-7-10-3-1-2-4-11(10)8-13(12)9-15/h1-4,7-9H,5-6,14H2. The van der Waals surface area contributed by atoms with Crippen LogP contribution in [0.4, 0.5) is 0 Å². The summed E-state index contributed by atoms with van der Waals surface area (Å²) in [5.74, 6) is 0. The van der Waals surface area contributed by atoms with E-state index in [4.69, 9.17) is 5.73 Å². The number of hydrogen-bond acceptors (Lipinski definition) is 2. The summed E-state index contributed by atoms with van der Waals surface area (Å²) >= 11 is 0. The van der Waals surface area contributed by atoms with Gasteiger partial charge in [0.2, 0.25) is 0 Å². The molecule has 2 rings (SSSR count). The maximum Gasteiger partial charge on any atom is 0.150 e. The lowest BCUT2D eigenvalue weighted by Gasteiger charge is -2.05. The Bertz CT molecular complexity index is 491. The van der Waals surface area contributed by atoms with Crippen LogP contribution < -0.4 is 5.73 Å². The smallest absolute Gasteiger partial charge is 0.150 e. The van der Waals surface area contributed by atoms with Crippen LogP contribution in [0.3, 0.4) is 0 Å².